The molecule has 9 atom stereocenters. The summed E-state index contributed by atoms with van der Waals surface area (Å²) in [5.41, 5.74) is -2.38. The molecular formula is C11H20O10. The number of hydrogen-bond donors (Lipinski definition) is 8. The SMILES string of the molecule is OC([C@H]1O[C@H](O)[C@H](O)[C@@H](O)[C@@H]1O)[C@]1(O)COC[C@@H](O)[C@H]1O. The highest BCUT2D eigenvalue weighted by Gasteiger charge is 2.56. The maximum Gasteiger partial charge on any atom is 0.184 e. The van der Waals surface area contributed by atoms with E-state index in [0.717, 1.165) is 0 Å². The number of aliphatic hydroxyl groups excluding tert-OH is 7. The highest BCUT2D eigenvalue weighted by molar-refractivity contribution is 5.05. The van der Waals surface area contributed by atoms with Gasteiger partial charge in [-0.25, -0.2) is 0 Å². The second-order valence-electron chi connectivity index (χ2n) is 5.43. The van der Waals surface area contributed by atoms with Crippen LogP contribution in [0.3, 0.4) is 0 Å². The summed E-state index contributed by atoms with van der Waals surface area (Å²) >= 11 is 0. The van der Waals surface area contributed by atoms with Gasteiger partial charge in [0.2, 0.25) is 0 Å². The van der Waals surface area contributed by atoms with Crippen molar-refractivity contribution in [1.82, 2.24) is 0 Å². The van der Waals surface area contributed by atoms with Crippen LogP contribution in [0.4, 0.5) is 0 Å². The van der Waals surface area contributed by atoms with Gasteiger partial charge in [0.25, 0.3) is 0 Å². The lowest BCUT2D eigenvalue weighted by Gasteiger charge is -2.48. The largest absolute Gasteiger partial charge is 0.388 e. The molecule has 0 bridgehead atoms. The molecule has 1 unspecified atom stereocenters. The zero-order valence-electron chi connectivity index (χ0n) is 10.9. The topological polar surface area (TPSA) is 180 Å². The molecule has 0 spiro atoms. The molecule has 0 aromatic carbocycles. The normalized spacial score (nSPS) is 53.4. The molecule has 0 radical (unpaired) electrons. The van der Waals surface area contributed by atoms with Gasteiger partial charge in [-0.15, -0.1) is 0 Å². The molecule has 0 aliphatic carbocycles. The van der Waals surface area contributed by atoms with Gasteiger partial charge >= 0.3 is 0 Å². The first-order chi connectivity index (χ1) is 9.70. The summed E-state index contributed by atoms with van der Waals surface area (Å²) in [7, 11) is 0. The molecule has 2 heterocycles. The summed E-state index contributed by atoms with van der Waals surface area (Å²) in [6.07, 6.45) is -14.4. The molecular weight excluding hydrogens is 292 g/mol. The summed E-state index contributed by atoms with van der Waals surface area (Å²) in [6.45, 7) is -0.818. The van der Waals surface area contributed by atoms with Crippen LogP contribution in [0.25, 0.3) is 0 Å². The molecule has 2 rings (SSSR count). The van der Waals surface area contributed by atoms with Crippen molar-refractivity contribution in [3.8, 4) is 0 Å². The predicted molar refractivity (Wildman–Crippen MR) is 62.7 cm³/mol. The average molecular weight is 312 g/mol. The standard InChI is InChI=1S/C11H20O10/c12-3-1-20-2-11(19,8(3)16)9(17)7-5(14)4(13)6(15)10(18)21-7/h3-10,12-19H,1-2H2/t3-,4+,5+,6-,7+,8-,9?,10+,11+/m1/s1. The second kappa shape index (κ2) is 6.01. The summed E-state index contributed by atoms with van der Waals surface area (Å²) in [6, 6.07) is 0. The van der Waals surface area contributed by atoms with Crippen molar-refractivity contribution >= 4 is 0 Å². The van der Waals surface area contributed by atoms with Gasteiger partial charge in [0.1, 0.15) is 48.3 Å². The highest BCUT2D eigenvalue weighted by Crippen LogP contribution is 2.31. The molecule has 8 N–H and O–H groups in total. The van der Waals surface area contributed by atoms with Gasteiger partial charge in [0.05, 0.1) is 13.2 Å². The molecule has 2 aliphatic heterocycles. The Morgan fingerprint density at radius 3 is 2.19 bits per heavy atom. The van der Waals surface area contributed by atoms with Crippen LogP contribution in [0, 0.1) is 0 Å². The van der Waals surface area contributed by atoms with E-state index in [1.54, 1.807) is 0 Å². The fourth-order valence-electron chi connectivity index (χ4n) is 2.55. The van der Waals surface area contributed by atoms with Crippen LogP contribution in [0.15, 0.2) is 0 Å². The fraction of sp³-hybridized carbons (Fsp3) is 1.00. The van der Waals surface area contributed by atoms with E-state index >= 15 is 0 Å². The Hall–Kier alpha value is -0.400. The van der Waals surface area contributed by atoms with E-state index in [4.69, 9.17) is 9.47 Å². The van der Waals surface area contributed by atoms with Crippen molar-refractivity contribution < 1.29 is 50.3 Å². The first kappa shape index (κ1) is 17.0. The number of aliphatic hydroxyl groups is 8. The van der Waals surface area contributed by atoms with E-state index in [2.05, 4.69) is 0 Å². The first-order valence-electron chi connectivity index (χ1n) is 6.42. The fourth-order valence-corrected chi connectivity index (χ4v) is 2.55. The van der Waals surface area contributed by atoms with Gasteiger partial charge in [0.15, 0.2) is 6.29 Å². The van der Waals surface area contributed by atoms with Gasteiger partial charge in [-0.05, 0) is 0 Å². The van der Waals surface area contributed by atoms with Crippen LogP contribution in [0.5, 0.6) is 0 Å². The first-order valence-corrected chi connectivity index (χ1v) is 6.42. The molecule has 124 valence electrons. The summed E-state index contributed by atoms with van der Waals surface area (Å²) in [5, 5.41) is 77.8. The predicted octanol–water partition coefficient (Wildman–Crippen LogP) is -5.37. The quantitative estimate of drug-likeness (QED) is 0.245. The van der Waals surface area contributed by atoms with E-state index in [1.165, 1.54) is 0 Å². The maximum atomic E-state index is 10.3. The van der Waals surface area contributed by atoms with Crippen molar-refractivity contribution in [2.45, 2.75) is 54.6 Å². The van der Waals surface area contributed by atoms with Crippen LogP contribution >= 0.6 is 0 Å². The third kappa shape index (κ3) is 2.80. The van der Waals surface area contributed by atoms with Crippen molar-refractivity contribution in [3.63, 3.8) is 0 Å². The number of ether oxygens (including phenoxy) is 2. The van der Waals surface area contributed by atoms with Gasteiger partial charge < -0.3 is 50.3 Å². The van der Waals surface area contributed by atoms with Gasteiger partial charge in [0, 0.05) is 0 Å². The summed E-state index contributed by atoms with van der Waals surface area (Å²) < 4.78 is 9.64. The number of hydrogen-bond acceptors (Lipinski definition) is 10. The lowest BCUT2D eigenvalue weighted by atomic mass is 9.80. The van der Waals surface area contributed by atoms with Crippen LogP contribution in [0.1, 0.15) is 0 Å². The van der Waals surface area contributed by atoms with Crippen LogP contribution in [-0.4, -0.2) is 109 Å². The van der Waals surface area contributed by atoms with Crippen LogP contribution in [-0.2, 0) is 9.47 Å². The zero-order valence-corrected chi connectivity index (χ0v) is 10.9. The Kier molecular flexibility index (Phi) is 4.85. The average Bonchev–Trinajstić information content (AvgIpc) is 2.45. The molecule has 2 fully saturated rings. The molecule has 10 nitrogen and oxygen atoms in total. The monoisotopic (exact) mass is 312 g/mol. The van der Waals surface area contributed by atoms with Crippen LogP contribution < -0.4 is 0 Å². The zero-order chi connectivity index (χ0) is 15.9. The molecule has 0 saturated carbocycles. The molecule has 0 amide bonds. The van der Waals surface area contributed by atoms with E-state index in [-0.39, 0.29) is 6.61 Å². The lowest BCUT2D eigenvalue weighted by molar-refractivity contribution is -0.326. The van der Waals surface area contributed by atoms with Crippen molar-refractivity contribution in [3.05, 3.63) is 0 Å². The van der Waals surface area contributed by atoms with Crippen LogP contribution in [0.2, 0.25) is 0 Å². The molecule has 0 aromatic heterocycles. The molecule has 0 aromatic rings. The van der Waals surface area contributed by atoms with E-state index in [9.17, 15) is 40.9 Å². The van der Waals surface area contributed by atoms with Gasteiger partial charge in [-0.1, -0.05) is 0 Å². The maximum absolute atomic E-state index is 10.3. The summed E-state index contributed by atoms with van der Waals surface area (Å²) in [4.78, 5) is 0. The third-order valence-corrected chi connectivity index (χ3v) is 3.95. The molecule has 21 heavy (non-hydrogen) atoms. The Morgan fingerprint density at radius 1 is 0.952 bits per heavy atom. The van der Waals surface area contributed by atoms with Crippen molar-refractivity contribution in [2.75, 3.05) is 13.2 Å². The van der Waals surface area contributed by atoms with Crippen molar-refractivity contribution in [2.24, 2.45) is 0 Å². The Morgan fingerprint density at radius 2 is 1.57 bits per heavy atom. The number of rotatable bonds is 2. The van der Waals surface area contributed by atoms with Gasteiger partial charge in [-0.2, -0.15) is 0 Å². The van der Waals surface area contributed by atoms with E-state index in [0.29, 0.717) is 0 Å². The van der Waals surface area contributed by atoms with E-state index in [1.807, 2.05) is 0 Å². The minimum atomic E-state index is -2.38. The van der Waals surface area contributed by atoms with Crippen molar-refractivity contribution in [1.29, 1.82) is 0 Å². The smallest absolute Gasteiger partial charge is 0.184 e. The molecule has 2 aliphatic rings. The Labute approximate surface area is 119 Å². The third-order valence-electron chi connectivity index (χ3n) is 3.95. The second-order valence-corrected chi connectivity index (χ2v) is 5.43. The molecule has 10 heteroatoms. The minimum absolute atomic E-state index is 0.256. The van der Waals surface area contributed by atoms with Gasteiger partial charge in [-0.3, -0.25) is 0 Å². The lowest BCUT2D eigenvalue weighted by Crippen LogP contribution is -2.71. The summed E-state index contributed by atoms with van der Waals surface area (Å²) in [5.74, 6) is 0. The Balaban J connectivity index is 2.20. The van der Waals surface area contributed by atoms with E-state index < -0.39 is 61.2 Å². The molecule has 2 saturated heterocycles. The minimum Gasteiger partial charge on any atom is -0.388 e. The highest BCUT2D eigenvalue weighted by atomic mass is 16.6. The Bertz CT molecular complexity index is 367.